The lowest BCUT2D eigenvalue weighted by Gasteiger charge is -2.19. The topological polar surface area (TPSA) is 50.2 Å². The van der Waals surface area contributed by atoms with Gasteiger partial charge in [0, 0.05) is 30.3 Å². The van der Waals surface area contributed by atoms with Gasteiger partial charge < -0.3 is 9.88 Å². The van der Waals surface area contributed by atoms with Crippen LogP contribution in [-0.4, -0.2) is 40.5 Å². The molecule has 1 aliphatic rings. The van der Waals surface area contributed by atoms with Crippen molar-refractivity contribution in [3.05, 3.63) is 64.8 Å². The van der Waals surface area contributed by atoms with E-state index >= 15 is 0 Å². The fraction of sp³-hybridized carbons (Fsp3) is 0.360. The van der Waals surface area contributed by atoms with E-state index in [0.29, 0.717) is 12.0 Å². The quantitative estimate of drug-likeness (QED) is 0.473. The number of benzene rings is 2. The molecule has 0 aliphatic carbocycles. The number of carbonyl (C=O) groups excluding carboxylic acids is 1. The van der Waals surface area contributed by atoms with Crippen molar-refractivity contribution in [2.24, 2.45) is 0 Å². The van der Waals surface area contributed by atoms with Crippen molar-refractivity contribution in [1.82, 2.24) is 19.8 Å². The highest BCUT2D eigenvalue weighted by Crippen LogP contribution is 2.40. The van der Waals surface area contributed by atoms with Crippen molar-refractivity contribution in [2.75, 3.05) is 20.1 Å². The van der Waals surface area contributed by atoms with Crippen LogP contribution in [0.25, 0.3) is 21.1 Å². The predicted octanol–water partition coefficient (Wildman–Crippen LogP) is 5.18. The number of carbonyl (C=O) groups is 1. The summed E-state index contributed by atoms with van der Waals surface area (Å²) in [7, 11) is 1.72. The number of para-hydroxylation sites is 2. The average molecular weight is 433 g/mol. The van der Waals surface area contributed by atoms with Crippen LogP contribution in [0.2, 0.25) is 0 Å². The standard InChI is InChI=1S/C25H28N4OS/c1-16(2)29-20-10-6-5-9-19(20)27-22(29)15-28-13-12-17(14-28)23-18-8-4-7-11-21(18)31-24(23)25(30)26-3/h4-11,16-17H,12-15H2,1-3H3,(H,26,30)/t17-/m1/s1. The highest BCUT2D eigenvalue weighted by molar-refractivity contribution is 7.21. The Balaban J connectivity index is 1.45. The van der Waals surface area contributed by atoms with Crippen LogP contribution in [0, 0.1) is 0 Å². The molecule has 31 heavy (non-hydrogen) atoms. The maximum Gasteiger partial charge on any atom is 0.261 e. The first kappa shape index (κ1) is 20.2. The van der Waals surface area contributed by atoms with Crippen LogP contribution in [0.1, 0.15) is 53.3 Å². The zero-order chi connectivity index (χ0) is 21.5. The minimum atomic E-state index is 0.0243. The van der Waals surface area contributed by atoms with Crippen LogP contribution < -0.4 is 5.32 Å². The third kappa shape index (κ3) is 3.54. The Bertz CT molecular complexity index is 1260. The molecule has 0 saturated carbocycles. The van der Waals surface area contributed by atoms with Crippen LogP contribution in [0.3, 0.4) is 0 Å². The number of likely N-dealkylation sites (tertiary alicyclic amines) is 1. The molecule has 2 aromatic heterocycles. The van der Waals surface area contributed by atoms with E-state index in [4.69, 9.17) is 4.98 Å². The summed E-state index contributed by atoms with van der Waals surface area (Å²) in [6.45, 7) is 7.24. The number of nitrogens with zero attached hydrogens (tertiary/aromatic N) is 3. The summed E-state index contributed by atoms with van der Waals surface area (Å²) in [5, 5.41) is 4.07. The van der Waals surface area contributed by atoms with Crippen molar-refractivity contribution in [3.63, 3.8) is 0 Å². The smallest absolute Gasteiger partial charge is 0.261 e. The first-order chi connectivity index (χ1) is 15.1. The van der Waals surface area contributed by atoms with E-state index in [1.54, 1.807) is 18.4 Å². The molecule has 5 rings (SSSR count). The largest absolute Gasteiger partial charge is 0.354 e. The Morgan fingerprint density at radius 2 is 1.97 bits per heavy atom. The van der Waals surface area contributed by atoms with Gasteiger partial charge in [-0.1, -0.05) is 30.3 Å². The Hall–Kier alpha value is -2.70. The molecule has 1 fully saturated rings. The molecule has 6 heteroatoms. The summed E-state index contributed by atoms with van der Waals surface area (Å²) in [6.07, 6.45) is 1.06. The van der Waals surface area contributed by atoms with Crippen LogP contribution in [0.15, 0.2) is 48.5 Å². The summed E-state index contributed by atoms with van der Waals surface area (Å²) in [4.78, 5) is 20.9. The van der Waals surface area contributed by atoms with Crippen molar-refractivity contribution in [3.8, 4) is 0 Å². The predicted molar refractivity (Wildman–Crippen MR) is 128 cm³/mol. The molecule has 2 aromatic carbocycles. The first-order valence-electron chi connectivity index (χ1n) is 11.0. The molecule has 1 N–H and O–H groups in total. The molecule has 160 valence electrons. The van der Waals surface area contributed by atoms with Crippen LogP contribution in [-0.2, 0) is 6.54 Å². The third-order valence-corrected chi connectivity index (χ3v) is 7.48. The highest BCUT2D eigenvalue weighted by atomic mass is 32.1. The lowest BCUT2D eigenvalue weighted by molar-refractivity contribution is 0.0966. The van der Waals surface area contributed by atoms with E-state index in [1.807, 2.05) is 6.07 Å². The SMILES string of the molecule is CNC(=O)c1sc2ccccc2c1[C@@H]1CCN(Cc2nc3ccccc3n2C(C)C)C1. The third-order valence-electron chi connectivity index (χ3n) is 6.30. The number of rotatable bonds is 5. The van der Waals surface area contributed by atoms with Crippen molar-refractivity contribution in [2.45, 2.75) is 38.8 Å². The van der Waals surface area contributed by atoms with Crippen LogP contribution in [0.5, 0.6) is 0 Å². The molecule has 5 nitrogen and oxygen atoms in total. The number of thiophene rings is 1. The van der Waals surface area contributed by atoms with Crippen molar-refractivity contribution >= 4 is 38.4 Å². The Kier molecular flexibility index (Phi) is 5.28. The van der Waals surface area contributed by atoms with E-state index in [2.05, 4.69) is 71.1 Å². The van der Waals surface area contributed by atoms with Gasteiger partial charge in [-0.15, -0.1) is 11.3 Å². The lowest BCUT2D eigenvalue weighted by Crippen LogP contribution is -2.23. The van der Waals surface area contributed by atoms with E-state index in [9.17, 15) is 4.79 Å². The summed E-state index contributed by atoms with van der Waals surface area (Å²) in [6, 6.07) is 17.2. The second kappa shape index (κ2) is 8.09. The number of aromatic nitrogens is 2. The van der Waals surface area contributed by atoms with Gasteiger partial charge in [0.15, 0.2) is 0 Å². The van der Waals surface area contributed by atoms with E-state index in [1.165, 1.54) is 21.2 Å². The van der Waals surface area contributed by atoms with E-state index in [0.717, 1.165) is 42.3 Å². The number of imidazole rings is 1. The molecule has 0 spiro atoms. The molecule has 1 aliphatic heterocycles. The number of amides is 1. The van der Waals surface area contributed by atoms with Gasteiger partial charge in [-0.2, -0.15) is 0 Å². The molecule has 3 heterocycles. The second-order valence-corrected chi connectivity index (χ2v) is 9.67. The Morgan fingerprint density at radius 3 is 2.77 bits per heavy atom. The number of hydrogen-bond donors (Lipinski definition) is 1. The van der Waals surface area contributed by atoms with Crippen LogP contribution >= 0.6 is 11.3 Å². The minimum Gasteiger partial charge on any atom is -0.354 e. The number of fused-ring (bicyclic) bond motifs is 2. The molecule has 0 bridgehead atoms. The van der Waals surface area contributed by atoms with Gasteiger partial charge in [0.05, 0.1) is 22.5 Å². The van der Waals surface area contributed by atoms with Crippen molar-refractivity contribution in [1.29, 1.82) is 0 Å². The molecule has 1 amide bonds. The van der Waals surface area contributed by atoms with Crippen molar-refractivity contribution < 1.29 is 4.79 Å². The summed E-state index contributed by atoms with van der Waals surface area (Å²) in [5.41, 5.74) is 3.49. The van der Waals surface area contributed by atoms with Gasteiger partial charge in [-0.05, 0) is 56.0 Å². The summed E-state index contributed by atoms with van der Waals surface area (Å²) < 4.78 is 3.55. The fourth-order valence-electron chi connectivity index (χ4n) is 4.95. The van der Waals surface area contributed by atoms with Gasteiger partial charge in [0.2, 0.25) is 0 Å². The second-order valence-electron chi connectivity index (χ2n) is 8.62. The zero-order valence-electron chi connectivity index (χ0n) is 18.3. The monoisotopic (exact) mass is 432 g/mol. The molecule has 4 aromatic rings. The minimum absolute atomic E-state index is 0.0243. The molecule has 1 atom stereocenters. The fourth-order valence-corrected chi connectivity index (χ4v) is 6.18. The average Bonchev–Trinajstić information content (AvgIpc) is 3.47. The van der Waals surface area contributed by atoms with Gasteiger partial charge in [-0.25, -0.2) is 4.98 Å². The van der Waals surface area contributed by atoms with Gasteiger partial charge >= 0.3 is 0 Å². The number of nitrogens with one attached hydrogen (secondary N) is 1. The molecular formula is C25H28N4OS. The lowest BCUT2D eigenvalue weighted by atomic mass is 9.95. The maximum absolute atomic E-state index is 12.6. The molecule has 0 radical (unpaired) electrons. The molecule has 1 saturated heterocycles. The van der Waals surface area contributed by atoms with Gasteiger partial charge in [0.25, 0.3) is 5.91 Å². The van der Waals surface area contributed by atoms with E-state index in [-0.39, 0.29) is 5.91 Å². The molecule has 0 unspecified atom stereocenters. The van der Waals surface area contributed by atoms with Gasteiger partial charge in [-0.3, -0.25) is 9.69 Å². The van der Waals surface area contributed by atoms with Crippen LogP contribution in [0.4, 0.5) is 0 Å². The zero-order valence-corrected chi connectivity index (χ0v) is 19.1. The first-order valence-corrected chi connectivity index (χ1v) is 11.8. The van der Waals surface area contributed by atoms with Gasteiger partial charge in [0.1, 0.15) is 5.82 Å². The Morgan fingerprint density at radius 1 is 1.19 bits per heavy atom. The summed E-state index contributed by atoms with van der Waals surface area (Å²) >= 11 is 1.61. The number of hydrogen-bond acceptors (Lipinski definition) is 4. The normalized spacial score (nSPS) is 17.2. The Labute approximate surface area is 186 Å². The highest BCUT2D eigenvalue weighted by Gasteiger charge is 2.31. The van der Waals surface area contributed by atoms with E-state index < -0.39 is 0 Å². The molecular weight excluding hydrogens is 404 g/mol. The maximum atomic E-state index is 12.6. The summed E-state index contributed by atoms with van der Waals surface area (Å²) in [5.74, 6) is 1.51.